The highest BCUT2D eigenvalue weighted by molar-refractivity contribution is 5.76. The largest absolute Gasteiger partial charge is 0.481 e. The number of piperidine rings is 1. The Morgan fingerprint density at radius 1 is 1.35 bits per heavy atom. The van der Waals surface area contributed by atoms with E-state index in [1.165, 1.54) is 0 Å². The Balaban J connectivity index is 1.99. The summed E-state index contributed by atoms with van der Waals surface area (Å²) in [6, 6.07) is 9.53. The predicted molar refractivity (Wildman–Crippen MR) is 80.0 cm³/mol. The summed E-state index contributed by atoms with van der Waals surface area (Å²) in [6.45, 7) is 4.73. The quantitative estimate of drug-likeness (QED) is 0.863. The normalized spacial score (nSPS) is 20.5. The van der Waals surface area contributed by atoms with E-state index in [1.807, 2.05) is 37.4 Å². The van der Waals surface area contributed by atoms with Gasteiger partial charge < -0.3 is 15.3 Å². The molecule has 2 rings (SSSR count). The van der Waals surface area contributed by atoms with E-state index < -0.39 is 11.9 Å². The van der Waals surface area contributed by atoms with Crippen LogP contribution in [0.3, 0.4) is 0 Å². The molecule has 4 heteroatoms. The summed E-state index contributed by atoms with van der Waals surface area (Å²) in [5, 5.41) is 12.8. The number of hydrogen-bond acceptors (Lipinski definition) is 3. The molecule has 0 amide bonds. The molecule has 1 unspecified atom stereocenters. The zero-order valence-corrected chi connectivity index (χ0v) is 12.3. The highest BCUT2D eigenvalue weighted by Gasteiger charge is 2.31. The standard InChI is InChI=1S/C16H24N2O2/c1-16(17-2)8-10-18(11-9-16)12-14(15(19)20)13-6-4-3-5-7-13/h3-7,14,17H,8-12H2,1-2H3,(H,19,20). The van der Waals surface area contributed by atoms with Crippen LogP contribution in [0.25, 0.3) is 0 Å². The minimum absolute atomic E-state index is 0.196. The number of rotatable bonds is 5. The second kappa shape index (κ2) is 6.37. The Labute approximate surface area is 120 Å². The molecule has 0 bridgehead atoms. The van der Waals surface area contributed by atoms with Crippen molar-refractivity contribution >= 4 is 5.97 Å². The first-order valence-corrected chi connectivity index (χ1v) is 7.23. The van der Waals surface area contributed by atoms with Gasteiger partial charge in [-0.1, -0.05) is 30.3 Å². The number of benzene rings is 1. The van der Waals surface area contributed by atoms with Gasteiger partial charge in [0, 0.05) is 12.1 Å². The first-order chi connectivity index (χ1) is 9.54. The van der Waals surface area contributed by atoms with Gasteiger partial charge in [0.1, 0.15) is 0 Å². The van der Waals surface area contributed by atoms with E-state index in [-0.39, 0.29) is 5.54 Å². The van der Waals surface area contributed by atoms with Crippen LogP contribution in [0.1, 0.15) is 31.2 Å². The highest BCUT2D eigenvalue weighted by atomic mass is 16.4. The van der Waals surface area contributed by atoms with Gasteiger partial charge in [0.2, 0.25) is 0 Å². The van der Waals surface area contributed by atoms with Gasteiger partial charge in [-0.05, 0) is 45.5 Å². The minimum atomic E-state index is -0.738. The van der Waals surface area contributed by atoms with E-state index in [2.05, 4.69) is 17.1 Å². The highest BCUT2D eigenvalue weighted by Crippen LogP contribution is 2.24. The SMILES string of the molecule is CNC1(C)CCN(CC(C(=O)O)c2ccccc2)CC1. The molecule has 0 spiro atoms. The lowest BCUT2D eigenvalue weighted by molar-refractivity contribution is -0.139. The fraction of sp³-hybridized carbons (Fsp3) is 0.562. The molecule has 0 aliphatic carbocycles. The van der Waals surface area contributed by atoms with Gasteiger partial charge in [-0.2, -0.15) is 0 Å². The van der Waals surface area contributed by atoms with E-state index in [1.54, 1.807) is 0 Å². The van der Waals surface area contributed by atoms with Gasteiger partial charge in [0.15, 0.2) is 0 Å². The maximum absolute atomic E-state index is 11.5. The summed E-state index contributed by atoms with van der Waals surface area (Å²) in [4.78, 5) is 13.8. The van der Waals surface area contributed by atoms with Crippen molar-refractivity contribution in [3.63, 3.8) is 0 Å². The number of nitrogens with one attached hydrogen (secondary N) is 1. The molecule has 110 valence electrons. The van der Waals surface area contributed by atoms with Crippen LogP contribution in [0.2, 0.25) is 0 Å². The fourth-order valence-electron chi connectivity index (χ4n) is 2.75. The molecule has 2 N–H and O–H groups in total. The molecule has 4 nitrogen and oxygen atoms in total. The number of likely N-dealkylation sites (tertiary alicyclic amines) is 1. The zero-order valence-electron chi connectivity index (χ0n) is 12.3. The van der Waals surface area contributed by atoms with Crippen molar-refractivity contribution in [3.05, 3.63) is 35.9 Å². The summed E-state index contributed by atoms with van der Waals surface area (Å²) < 4.78 is 0. The number of nitrogens with zero attached hydrogens (tertiary/aromatic N) is 1. The lowest BCUT2D eigenvalue weighted by Crippen LogP contribution is -2.50. The minimum Gasteiger partial charge on any atom is -0.481 e. The Morgan fingerprint density at radius 3 is 2.45 bits per heavy atom. The molecule has 0 radical (unpaired) electrons. The van der Waals surface area contributed by atoms with Crippen LogP contribution in [-0.4, -0.2) is 48.2 Å². The Hall–Kier alpha value is -1.39. The van der Waals surface area contributed by atoms with Crippen LogP contribution in [0, 0.1) is 0 Å². The third kappa shape index (κ3) is 3.58. The van der Waals surface area contributed by atoms with Gasteiger partial charge >= 0.3 is 5.97 Å². The van der Waals surface area contributed by atoms with Crippen molar-refractivity contribution in [2.75, 3.05) is 26.7 Å². The Bertz CT molecular complexity index is 439. The second-order valence-electron chi connectivity index (χ2n) is 5.91. The van der Waals surface area contributed by atoms with E-state index in [0.29, 0.717) is 6.54 Å². The first-order valence-electron chi connectivity index (χ1n) is 7.23. The van der Waals surface area contributed by atoms with Gasteiger partial charge in [0.25, 0.3) is 0 Å². The van der Waals surface area contributed by atoms with Crippen LogP contribution in [0.15, 0.2) is 30.3 Å². The van der Waals surface area contributed by atoms with Crippen LogP contribution in [0.4, 0.5) is 0 Å². The van der Waals surface area contributed by atoms with Crippen molar-refractivity contribution in [1.82, 2.24) is 10.2 Å². The maximum atomic E-state index is 11.5. The molecule has 1 aliphatic rings. The third-order valence-corrected chi connectivity index (χ3v) is 4.50. The third-order valence-electron chi connectivity index (χ3n) is 4.50. The van der Waals surface area contributed by atoms with Crippen molar-refractivity contribution in [2.24, 2.45) is 0 Å². The smallest absolute Gasteiger partial charge is 0.312 e. The molecule has 1 saturated heterocycles. The molecule has 1 aliphatic heterocycles. The number of carboxylic acids is 1. The number of aliphatic carboxylic acids is 1. The van der Waals surface area contributed by atoms with Gasteiger partial charge in [-0.25, -0.2) is 0 Å². The van der Waals surface area contributed by atoms with Crippen molar-refractivity contribution in [2.45, 2.75) is 31.2 Å². The van der Waals surface area contributed by atoms with Crippen molar-refractivity contribution < 1.29 is 9.90 Å². The van der Waals surface area contributed by atoms with Gasteiger partial charge in [-0.3, -0.25) is 4.79 Å². The molecule has 1 atom stereocenters. The lowest BCUT2D eigenvalue weighted by atomic mass is 9.89. The van der Waals surface area contributed by atoms with E-state index in [9.17, 15) is 9.90 Å². The molecule has 1 heterocycles. The molecule has 0 saturated carbocycles. The zero-order chi connectivity index (χ0) is 14.6. The van der Waals surface area contributed by atoms with E-state index >= 15 is 0 Å². The van der Waals surface area contributed by atoms with E-state index in [4.69, 9.17) is 0 Å². The fourth-order valence-corrected chi connectivity index (χ4v) is 2.75. The number of hydrogen-bond donors (Lipinski definition) is 2. The summed E-state index contributed by atoms with van der Waals surface area (Å²) in [7, 11) is 2.00. The maximum Gasteiger partial charge on any atom is 0.312 e. The molecule has 1 fully saturated rings. The van der Waals surface area contributed by atoms with Crippen LogP contribution >= 0.6 is 0 Å². The Kier molecular flexibility index (Phi) is 4.78. The topological polar surface area (TPSA) is 52.6 Å². The molecule has 20 heavy (non-hydrogen) atoms. The van der Waals surface area contributed by atoms with Crippen LogP contribution in [0.5, 0.6) is 0 Å². The monoisotopic (exact) mass is 276 g/mol. The van der Waals surface area contributed by atoms with E-state index in [0.717, 1.165) is 31.5 Å². The van der Waals surface area contributed by atoms with Crippen molar-refractivity contribution in [3.8, 4) is 0 Å². The van der Waals surface area contributed by atoms with Crippen molar-refractivity contribution in [1.29, 1.82) is 0 Å². The van der Waals surface area contributed by atoms with Gasteiger partial charge in [-0.15, -0.1) is 0 Å². The number of carbonyl (C=O) groups is 1. The molecule has 1 aromatic carbocycles. The molecule has 1 aromatic rings. The predicted octanol–water partition coefficient (Wildman–Crippen LogP) is 1.93. The van der Waals surface area contributed by atoms with Crippen LogP contribution < -0.4 is 5.32 Å². The first kappa shape index (κ1) is 15.0. The average molecular weight is 276 g/mol. The molecule has 0 aromatic heterocycles. The molecular formula is C16H24N2O2. The average Bonchev–Trinajstić information content (AvgIpc) is 2.47. The van der Waals surface area contributed by atoms with Crippen LogP contribution in [-0.2, 0) is 4.79 Å². The lowest BCUT2D eigenvalue weighted by Gasteiger charge is -2.40. The Morgan fingerprint density at radius 2 is 1.95 bits per heavy atom. The second-order valence-corrected chi connectivity index (χ2v) is 5.91. The molecular weight excluding hydrogens is 252 g/mol. The summed E-state index contributed by atoms with van der Waals surface area (Å²) in [6.07, 6.45) is 2.12. The number of carboxylic acid groups (broad SMARTS) is 1. The summed E-state index contributed by atoms with van der Waals surface area (Å²) in [5.41, 5.74) is 1.09. The van der Waals surface area contributed by atoms with Gasteiger partial charge in [0.05, 0.1) is 5.92 Å². The summed E-state index contributed by atoms with van der Waals surface area (Å²) >= 11 is 0. The summed E-state index contributed by atoms with van der Waals surface area (Å²) in [5.74, 6) is -1.17.